The fourth-order valence-electron chi connectivity index (χ4n) is 2.81. The van der Waals surface area contributed by atoms with Crippen LogP contribution in [0.4, 0.5) is 0 Å². The minimum atomic E-state index is 0.328. The second-order valence-corrected chi connectivity index (χ2v) is 5.01. The van der Waals surface area contributed by atoms with E-state index in [-0.39, 0.29) is 0 Å². The normalized spacial score (nSPS) is 18.9. The Bertz CT molecular complexity index is 665. The van der Waals surface area contributed by atoms with Gasteiger partial charge < -0.3 is 0 Å². The molecule has 1 aliphatic rings. The summed E-state index contributed by atoms with van der Waals surface area (Å²) < 4.78 is 0. The molecule has 0 spiro atoms. The fourth-order valence-corrected chi connectivity index (χ4v) is 2.81. The summed E-state index contributed by atoms with van der Waals surface area (Å²) >= 11 is 0. The molecule has 1 unspecified atom stereocenters. The summed E-state index contributed by atoms with van der Waals surface area (Å²) in [6.07, 6.45) is 2.26. The number of hydrogen-bond acceptors (Lipinski definition) is 3. The molecule has 3 rings (SSSR count). The first-order valence-electron chi connectivity index (χ1n) is 6.37. The van der Waals surface area contributed by atoms with Crippen LogP contribution >= 0.6 is 0 Å². The molecule has 4 heteroatoms. The average molecular weight is 252 g/mol. The molecule has 0 radical (unpaired) electrons. The number of H-pyrrole nitrogens is 1. The lowest BCUT2D eigenvalue weighted by molar-refractivity contribution is 0.881. The summed E-state index contributed by atoms with van der Waals surface area (Å²) in [6.45, 7) is 6.54. The monoisotopic (exact) mass is 252 g/mol. The van der Waals surface area contributed by atoms with Gasteiger partial charge in [-0.05, 0) is 31.5 Å². The molecule has 0 bridgehead atoms. The molecule has 0 amide bonds. The van der Waals surface area contributed by atoms with Crippen molar-refractivity contribution in [3.63, 3.8) is 0 Å². The maximum absolute atomic E-state index is 4.10. The van der Waals surface area contributed by atoms with E-state index >= 15 is 0 Å². The van der Waals surface area contributed by atoms with Crippen LogP contribution in [0.25, 0.3) is 11.4 Å². The van der Waals surface area contributed by atoms with E-state index in [0.29, 0.717) is 11.7 Å². The maximum atomic E-state index is 4.10. The molecule has 0 saturated heterocycles. The van der Waals surface area contributed by atoms with Crippen LogP contribution in [-0.4, -0.2) is 20.6 Å². The van der Waals surface area contributed by atoms with E-state index in [1.807, 2.05) is 6.07 Å². The third-order valence-electron chi connectivity index (χ3n) is 3.81. The number of aromatic nitrogens is 4. The van der Waals surface area contributed by atoms with Crippen LogP contribution < -0.4 is 0 Å². The average Bonchev–Trinajstić information content (AvgIpc) is 3.00. The summed E-state index contributed by atoms with van der Waals surface area (Å²) in [7, 11) is 0. The number of nitrogens with one attached hydrogen (secondary N) is 1. The number of rotatable bonds is 2. The molecular weight excluding hydrogens is 236 g/mol. The van der Waals surface area contributed by atoms with Crippen LogP contribution in [0.3, 0.4) is 0 Å². The smallest absolute Gasteiger partial charge is 0.177 e. The lowest BCUT2D eigenvalue weighted by Gasteiger charge is -2.18. The first-order valence-corrected chi connectivity index (χ1v) is 6.37. The highest BCUT2D eigenvalue weighted by Gasteiger charge is 2.25. The van der Waals surface area contributed by atoms with Crippen molar-refractivity contribution in [3.8, 4) is 11.4 Å². The SMILES string of the molecule is CC1=CC(C)=C(C)C1c1ccccc1-c1nn[nH]n1. The van der Waals surface area contributed by atoms with Gasteiger partial charge in [0, 0.05) is 11.5 Å². The second-order valence-electron chi connectivity index (χ2n) is 5.01. The topological polar surface area (TPSA) is 54.5 Å². The first-order chi connectivity index (χ1) is 9.18. The summed E-state index contributed by atoms with van der Waals surface area (Å²) in [4.78, 5) is 0. The van der Waals surface area contributed by atoms with Gasteiger partial charge in [0.1, 0.15) is 0 Å². The number of hydrogen-bond donors (Lipinski definition) is 1. The van der Waals surface area contributed by atoms with Crippen molar-refractivity contribution in [1.29, 1.82) is 0 Å². The van der Waals surface area contributed by atoms with Crippen LogP contribution in [0.5, 0.6) is 0 Å². The Balaban J connectivity index is 2.15. The van der Waals surface area contributed by atoms with Crippen molar-refractivity contribution in [3.05, 3.63) is 52.6 Å². The zero-order chi connectivity index (χ0) is 13.4. The minimum Gasteiger partial charge on any atom is -0.177 e. The van der Waals surface area contributed by atoms with Gasteiger partial charge in [-0.25, -0.2) is 0 Å². The van der Waals surface area contributed by atoms with E-state index in [1.54, 1.807) is 0 Å². The van der Waals surface area contributed by atoms with Crippen molar-refractivity contribution in [2.24, 2.45) is 0 Å². The molecule has 4 nitrogen and oxygen atoms in total. The summed E-state index contributed by atoms with van der Waals surface area (Å²) in [5.41, 5.74) is 6.40. The van der Waals surface area contributed by atoms with Crippen molar-refractivity contribution in [2.75, 3.05) is 0 Å². The Morgan fingerprint density at radius 2 is 1.89 bits per heavy atom. The van der Waals surface area contributed by atoms with Crippen molar-refractivity contribution >= 4 is 0 Å². The molecule has 1 heterocycles. The van der Waals surface area contributed by atoms with Crippen LogP contribution in [0, 0.1) is 0 Å². The van der Waals surface area contributed by atoms with E-state index in [0.717, 1.165) is 5.56 Å². The molecule has 1 aromatic carbocycles. The van der Waals surface area contributed by atoms with Gasteiger partial charge in [0.05, 0.1) is 0 Å². The molecule has 19 heavy (non-hydrogen) atoms. The van der Waals surface area contributed by atoms with Gasteiger partial charge in [-0.1, -0.05) is 47.1 Å². The van der Waals surface area contributed by atoms with E-state index in [9.17, 15) is 0 Å². The van der Waals surface area contributed by atoms with Crippen molar-refractivity contribution in [2.45, 2.75) is 26.7 Å². The molecule has 0 saturated carbocycles. The molecule has 0 fully saturated rings. The zero-order valence-corrected chi connectivity index (χ0v) is 11.3. The molecule has 1 atom stereocenters. The first kappa shape index (κ1) is 11.8. The zero-order valence-electron chi connectivity index (χ0n) is 11.3. The van der Waals surface area contributed by atoms with Gasteiger partial charge in [-0.2, -0.15) is 5.21 Å². The van der Waals surface area contributed by atoms with Crippen LogP contribution in [0.15, 0.2) is 47.1 Å². The highest BCUT2D eigenvalue weighted by atomic mass is 15.5. The lowest BCUT2D eigenvalue weighted by atomic mass is 9.86. The Kier molecular flexibility index (Phi) is 2.78. The van der Waals surface area contributed by atoms with Crippen molar-refractivity contribution < 1.29 is 0 Å². The minimum absolute atomic E-state index is 0.328. The quantitative estimate of drug-likeness (QED) is 0.892. The van der Waals surface area contributed by atoms with Gasteiger partial charge in [-0.3, -0.25) is 0 Å². The maximum Gasteiger partial charge on any atom is 0.204 e. The number of tetrazole rings is 1. The van der Waals surface area contributed by atoms with E-state index in [2.05, 4.69) is 65.7 Å². The molecule has 96 valence electrons. The molecular formula is C15H16N4. The predicted molar refractivity (Wildman–Crippen MR) is 74.5 cm³/mol. The fraction of sp³-hybridized carbons (Fsp3) is 0.267. The van der Waals surface area contributed by atoms with Gasteiger partial charge in [-0.15, -0.1) is 10.2 Å². The standard InChI is InChI=1S/C15H16N4/c1-9-8-10(2)14(11(9)3)12-6-4-5-7-13(12)15-16-18-19-17-15/h4-8,14H,1-3H3,(H,16,17,18,19). The molecule has 1 N–H and O–H groups in total. The highest BCUT2D eigenvalue weighted by Crippen LogP contribution is 2.42. The largest absolute Gasteiger partial charge is 0.204 e. The molecule has 2 aromatic rings. The molecule has 1 aliphatic carbocycles. The van der Waals surface area contributed by atoms with Crippen LogP contribution in [0.2, 0.25) is 0 Å². The van der Waals surface area contributed by atoms with E-state index in [4.69, 9.17) is 0 Å². The predicted octanol–water partition coefficient (Wildman–Crippen LogP) is 3.25. The second kappa shape index (κ2) is 4.46. The number of benzene rings is 1. The third-order valence-corrected chi connectivity index (χ3v) is 3.81. The van der Waals surface area contributed by atoms with Gasteiger partial charge >= 0.3 is 0 Å². The van der Waals surface area contributed by atoms with E-state index in [1.165, 1.54) is 22.3 Å². The number of aromatic amines is 1. The molecule has 1 aromatic heterocycles. The lowest BCUT2D eigenvalue weighted by Crippen LogP contribution is -2.02. The summed E-state index contributed by atoms with van der Waals surface area (Å²) in [5.74, 6) is 0.982. The third kappa shape index (κ3) is 1.89. The Hall–Kier alpha value is -2.23. The van der Waals surface area contributed by atoms with Gasteiger partial charge in [0.2, 0.25) is 5.82 Å². The Morgan fingerprint density at radius 3 is 2.53 bits per heavy atom. The Labute approximate surface area is 112 Å². The molecule has 0 aliphatic heterocycles. The van der Waals surface area contributed by atoms with Gasteiger partial charge in [0.15, 0.2) is 0 Å². The number of nitrogens with zero attached hydrogens (tertiary/aromatic N) is 3. The summed E-state index contributed by atoms with van der Waals surface area (Å²) in [6, 6.07) is 8.27. The summed E-state index contributed by atoms with van der Waals surface area (Å²) in [5, 5.41) is 14.4. The van der Waals surface area contributed by atoms with Gasteiger partial charge in [0.25, 0.3) is 0 Å². The highest BCUT2D eigenvalue weighted by molar-refractivity contribution is 5.65. The number of allylic oxidation sites excluding steroid dienone is 4. The Morgan fingerprint density at radius 1 is 1.11 bits per heavy atom. The van der Waals surface area contributed by atoms with E-state index < -0.39 is 0 Å². The van der Waals surface area contributed by atoms with Crippen molar-refractivity contribution in [1.82, 2.24) is 20.6 Å². The van der Waals surface area contributed by atoms with Crippen LogP contribution in [-0.2, 0) is 0 Å². The van der Waals surface area contributed by atoms with Crippen LogP contribution in [0.1, 0.15) is 32.3 Å².